The van der Waals surface area contributed by atoms with Gasteiger partial charge in [-0.1, -0.05) is 18.2 Å². The van der Waals surface area contributed by atoms with E-state index in [1.807, 2.05) is 16.8 Å². The van der Waals surface area contributed by atoms with Crippen LogP contribution in [0.4, 0.5) is 24.7 Å². The first-order valence-corrected chi connectivity index (χ1v) is 15.2. The van der Waals surface area contributed by atoms with Crippen molar-refractivity contribution in [3.63, 3.8) is 0 Å². The zero-order valence-electron chi connectivity index (χ0n) is 24.4. The summed E-state index contributed by atoms with van der Waals surface area (Å²) in [6.45, 7) is 4.27. The lowest BCUT2D eigenvalue weighted by atomic mass is 9.65. The maximum absolute atomic E-state index is 14.6. The van der Waals surface area contributed by atoms with Crippen molar-refractivity contribution in [2.75, 3.05) is 56.6 Å². The summed E-state index contributed by atoms with van der Waals surface area (Å²) in [4.78, 5) is 40.9. The van der Waals surface area contributed by atoms with Gasteiger partial charge in [0.2, 0.25) is 5.91 Å². The van der Waals surface area contributed by atoms with Gasteiger partial charge in [-0.3, -0.25) is 14.5 Å². The molecule has 0 saturated carbocycles. The van der Waals surface area contributed by atoms with Crippen LogP contribution in [0.2, 0.25) is 5.02 Å². The Bertz CT molecular complexity index is 1510. The number of amides is 2. The van der Waals surface area contributed by atoms with Crippen molar-refractivity contribution in [3.8, 4) is 6.01 Å². The molecule has 1 aromatic carbocycles. The summed E-state index contributed by atoms with van der Waals surface area (Å²) in [5.74, 6) is -2.36. The third-order valence-corrected chi connectivity index (χ3v) is 9.72. The van der Waals surface area contributed by atoms with E-state index >= 15 is 0 Å². The van der Waals surface area contributed by atoms with Gasteiger partial charge in [0.05, 0.1) is 17.2 Å². The molecule has 0 radical (unpaired) electrons. The highest BCUT2D eigenvalue weighted by molar-refractivity contribution is 6.31. The molecule has 4 atom stereocenters. The number of likely N-dealkylation sites (N-methyl/N-ethyl adjacent to an activating group) is 1. The third-order valence-electron chi connectivity index (χ3n) is 9.38. The third kappa shape index (κ3) is 5.39. The van der Waals surface area contributed by atoms with Crippen LogP contribution in [0.15, 0.2) is 24.5 Å². The summed E-state index contributed by atoms with van der Waals surface area (Å²) in [5.41, 5.74) is 7.06. The lowest BCUT2D eigenvalue weighted by molar-refractivity contribution is -0.131. The molecule has 4 heterocycles. The fourth-order valence-electron chi connectivity index (χ4n) is 7.08. The van der Waals surface area contributed by atoms with E-state index in [1.165, 1.54) is 17.0 Å². The van der Waals surface area contributed by atoms with Crippen LogP contribution < -0.4 is 20.7 Å². The zero-order chi connectivity index (χ0) is 31.3. The van der Waals surface area contributed by atoms with E-state index in [0.717, 1.165) is 5.56 Å². The molecule has 2 amide bonds. The Morgan fingerprint density at radius 1 is 1.27 bits per heavy atom. The van der Waals surface area contributed by atoms with Gasteiger partial charge in [-0.2, -0.15) is 9.97 Å². The number of ether oxygens (including phenoxy) is 1. The van der Waals surface area contributed by atoms with E-state index in [4.69, 9.17) is 27.1 Å². The molecule has 1 spiro atoms. The zero-order valence-corrected chi connectivity index (χ0v) is 25.2. The lowest BCUT2D eigenvalue weighted by Crippen LogP contribution is -2.58. The monoisotopic (exact) mass is 633 g/mol. The first-order valence-electron chi connectivity index (χ1n) is 14.8. The van der Waals surface area contributed by atoms with E-state index < -0.39 is 35.2 Å². The summed E-state index contributed by atoms with van der Waals surface area (Å²) in [7, 11) is 1.83. The number of nitrogens with zero attached hydrogens (tertiary/aromatic N) is 5. The number of nitrogens with one attached hydrogen (secondary N) is 1. The highest BCUT2D eigenvalue weighted by Gasteiger charge is 2.49. The van der Waals surface area contributed by atoms with Gasteiger partial charge in [0.15, 0.2) is 11.6 Å². The Balaban J connectivity index is 1.38. The quantitative estimate of drug-likeness (QED) is 0.467. The standard InChI is InChI=1S/C30H35ClF3N7O3/c1-16(32)27(42)41-7-6-40(14-20(41)12-35)26-25-24(36-29(38-26)44-15-19-8-18(34)13-39(19)2)11-30(28(43)37-25)5-3-4-21-22(30)9-17(33)10-23(21)31/h9-10,18-20H,1,3-8,11-15,35H2,2H3,(H,37,43)/t18-,19+,20+,30-/m1/s1. The smallest absolute Gasteiger partial charge is 0.318 e. The average Bonchev–Trinajstić information content (AvgIpc) is 3.32. The van der Waals surface area contributed by atoms with E-state index in [9.17, 15) is 22.8 Å². The molecule has 1 aliphatic carbocycles. The maximum Gasteiger partial charge on any atom is 0.318 e. The summed E-state index contributed by atoms with van der Waals surface area (Å²) in [5, 5.41) is 3.30. The Labute approximate surface area is 258 Å². The maximum atomic E-state index is 14.6. The van der Waals surface area contributed by atoms with Crippen molar-refractivity contribution in [3.05, 3.63) is 52.2 Å². The van der Waals surface area contributed by atoms with Gasteiger partial charge in [0.1, 0.15) is 24.3 Å². The minimum atomic E-state index is -1.10. The van der Waals surface area contributed by atoms with Crippen molar-refractivity contribution in [1.29, 1.82) is 0 Å². The number of anilines is 2. The van der Waals surface area contributed by atoms with Crippen molar-refractivity contribution in [1.82, 2.24) is 19.8 Å². The highest BCUT2D eigenvalue weighted by atomic mass is 35.5. The van der Waals surface area contributed by atoms with Crippen LogP contribution in [0.25, 0.3) is 0 Å². The normalized spacial score (nSPS) is 26.8. The lowest BCUT2D eigenvalue weighted by Gasteiger charge is -2.44. The topological polar surface area (TPSA) is 117 Å². The second-order valence-corrected chi connectivity index (χ2v) is 12.5. The average molecular weight is 634 g/mol. The van der Waals surface area contributed by atoms with Gasteiger partial charge in [-0.25, -0.2) is 13.2 Å². The Kier molecular flexibility index (Phi) is 8.22. The summed E-state index contributed by atoms with van der Waals surface area (Å²) in [6.07, 6.45) is 1.30. The number of alkyl halides is 1. The number of likely N-dealkylation sites (tertiary alicyclic amines) is 1. The minimum absolute atomic E-state index is 0.0500. The van der Waals surface area contributed by atoms with Gasteiger partial charge in [0.25, 0.3) is 5.91 Å². The first kappa shape index (κ1) is 30.6. The molecule has 2 saturated heterocycles. The molecule has 44 heavy (non-hydrogen) atoms. The Morgan fingerprint density at radius 3 is 2.77 bits per heavy atom. The summed E-state index contributed by atoms with van der Waals surface area (Å²) < 4.78 is 48.5. The van der Waals surface area contributed by atoms with Crippen LogP contribution in [0, 0.1) is 5.82 Å². The van der Waals surface area contributed by atoms with Crippen molar-refractivity contribution < 1.29 is 27.5 Å². The number of aromatic nitrogens is 2. The molecular formula is C30H35ClF3N7O3. The number of hydrogen-bond donors (Lipinski definition) is 2. The number of rotatable bonds is 6. The van der Waals surface area contributed by atoms with Crippen molar-refractivity contribution in [2.24, 2.45) is 5.73 Å². The molecule has 1 aromatic heterocycles. The van der Waals surface area contributed by atoms with Gasteiger partial charge >= 0.3 is 6.01 Å². The Morgan fingerprint density at radius 2 is 2.07 bits per heavy atom. The molecule has 4 aliphatic rings. The van der Waals surface area contributed by atoms with Crippen LogP contribution in [-0.4, -0.2) is 96.2 Å². The van der Waals surface area contributed by atoms with Gasteiger partial charge in [-0.05, 0) is 56.0 Å². The van der Waals surface area contributed by atoms with Gasteiger partial charge in [-0.15, -0.1) is 0 Å². The van der Waals surface area contributed by atoms with Crippen LogP contribution in [0.3, 0.4) is 0 Å². The van der Waals surface area contributed by atoms with Crippen LogP contribution in [0.5, 0.6) is 6.01 Å². The molecular weight excluding hydrogens is 599 g/mol. The molecule has 10 nitrogen and oxygen atoms in total. The number of nitrogens with two attached hydrogens (primary N) is 1. The largest absolute Gasteiger partial charge is 0.462 e. The molecule has 14 heteroatoms. The van der Waals surface area contributed by atoms with Crippen molar-refractivity contribution >= 4 is 34.9 Å². The molecule has 2 fully saturated rings. The molecule has 0 bridgehead atoms. The van der Waals surface area contributed by atoms with E-state index in [2.05, 4.69) is 16.9 Å². The fraction of sp³-hybridized carbons (Fsp3) is 0.533. The summed E-state index contributed by atoms with van der Waals surface area (Å²) >= 11 is 6.43. The van der Waals surface area contributed by atoms with Crippen LogP contribution in [-0.2, 0) is 27.8 Å². The van der Waals surface area contributed by atoms with E-state index in [-0.39, 0.29) is 62.2 Å². The predicted octanol–water partition coefficient (Wildman–Crippen LogP) is 2.92. The van der Waals surface area contributed by atoms with E-state index in [0.29, 0.717) is 55.0 Å². The molecule has 0 unspecified atom stereocenters. The van der Waals surface area contributed by atoms with Gasteiger partial charge < -0.3 is 25.6 Å². The number of piperazine rings is 1. The molecule has 3 aliphatic heterocycles. The van der Waals surface area contributed by atoms with E-state index in [1.54, 1.807) is 0 Å². The second-order valence-electron chi connectivity index (χ2n) is 12.1. The van der Waals surface area contributed by atoms with Crippen LogP contribution >= 0.6 is 11.6 Å². The second kappa shape index (κ2) is 11.8. The molecule has 236 valence electrons. The first-order chi connectivity index (χ1) is 21.0. The predicted molar refractivity (Wildman–Crippen MR) is 159 cm³/mol. The van der Waals surface area contributed by atoms with Crippen LogP contribution in [0.1, 0.15) is 36.1 Å². The number of carbonyl (C=O) groups is 2. The van der Waals surface area contributed by atoms with Crippen molar-refractivity contribution in [2.45, 2.75) is 55.8 Å². The number of fused-ring (bicyclic) bond motifs is 3. The molecule has 2 aromatic rings. The fourth-order valence-corrected chi connectivity index (χ4v) is 7.38. The molecule has 6 rings (SSSR count). The minimum Gasteiger partial charge on any atom is -0.462 e. The highest BCUT2D eigenvalue weighted by Crippen LogP contribution is 2.48. The number of benzene rings is 1. The molecule has 3 N–H and O–H groups in total. The Hall–Kier alpha value is -3.42. The van der Waals surface area contributed by atoms with Gasteiger partial charge in [0, 0.05) is 50.2 Å². The summed E-state index contributed by atoms with van der Waals surface area (Å²) in [6, 6.07) is 1.98. The number of halogens is 4. The number of hydrogen-bond acceptors (Lipinski definition) is 8. The number of carbonyl (C=O) groups excluding carboxylic acids is 2. The SMILES string of the molecule is C=C(F)C(=O)N1CCN(c2nc(OC[C@@H]3C[C@@H](F)CN3C)nc3c2NC(=O)[C@]2(CCCc4c(Cl)cc(F)cc42)C3)C[C@@H]1CN.